The zero-order valence-corrected chi connectivity index (χ0v) is 10.2. The van der Waals surface area contributed by atoms with Crippen molar-refractivity contribution in [2.75, 3.05) is 13.1 Å². The average molecular weight is 233 g/mol. The van der Waals surface area contributed by atoms with Gasteiger partial charge in [0.25, 0.3) is 0 Å². The quantitative estimate of drug-likeness (QED) is 0.870. The molecule has 1 aliphatic rings. The lowest BCUT2D eigenvalue weighted by atomic mass is 9.87. The second-order valence-electron chi connectivity index (χ2n) is 4.93. The third-order valence-electron chi connectivity index (χ3n) is 3.61. The van der Waals surface area contributed by atoms with E-state index in [4.69, 9.17) is 5.11 Å². The van der Waals surface area contributed by atoms with Crippen LogP contribution in [0, 0.1) is 11.8 Å². The summed E-state index contributed by atoms with van der Waals surface area (Å²) in [5, 5.41) is 9.17. The van der Waals surface area contributed by atoms with Crippen LogP contribution in [0.15, 0.2) is 30.3 Å². The first-order chi connectivity index (χ1) is 8.16. The van der Waals surface area contributed by atoms with E-state index < -0.39 is 5.97 Å². The lowest BCUT2D eigenvalue weighted by Crippen LogP contribution is -2.42. The van der Waals surface area contributed by atoms with Crippen molar-refractivity contribution in [2.24, 2.45) is 11.8 Å². The number of hydrogen-bond acceptors (Lipinski definition) is 2. The van der Waals surface area contributed by atoms with Gasteiger partial charge in [-0.05, 0) is 24.4 Å². The van der Waals surface area contributed by atoms with Crippen molar-refractivity contribution in [3.05, 3.63) is 35.9 Å². The maximum absolute atomic E-state index is 11.1. The van der Waals surface area contributed by atoms with Gasteiger partial charge in [-0.25, -0.2) is 0 Å². The van der Waals surface area contributed by atoms with Crippen LogP contribution >= 0.6 is 0 Å². The standard InChI is InChI=1S/C14H19NO2/c1-11-7-8-15(10-13(11)14(16)17)9-12-5-3-2-4-6-12/h2-6,11,13H,7-10H2,1H3,(H,16,17). The molecule has 1 saturated heterocycles. The first kappa shape index (κ1) is 12.1. The highest BCUT2D eigenvalue weighted by atomic mass is 16.4. The number of carboxylic acids is 1. The van der Waals surface area contributed by atoms with Gasteiger partial charge < -0.3 is 5.11 Å². The fraction of sp³-hybridized carbons (Fsp3) is 0.500. The van der Waals surface area contributed by atoms with Crippen molar-refractivity contribution in [3.8, 4) is 0 Å². The molecule has 1 N–H and O–H groups in total. The van der Waals surface area contributed by atoms with E-state index in [0.717, 1.165) is 19.5 Å². The Morgan fingerprint density at radius 3 is 2.76 bits per heavy atom. The monoisotopic (exact) mass is 233 g/mol. The topological polar surface area (TPSA) is 40.5 Å². The third kappa shape index (κ3) is 3.07. The summed E-state index contributed by atoms with van der Waals surface area (Å²) in [6.45, 7) is 4.57. The van der Waals surface area contributed by atoms with Crippen molar-refractivity contribution in [1.82, 2.24) is 4.90 Å². The lowest BCUT2D eigenvalue weighted by molar-refractivity contribution is -0.145. The van der Waals surface area contributed by atoms with Gasteiger partial charge in [-0.3, -0.25) is 9.69 Å². The van der Waals surface area contributed by atoms with Crippen molar-refractivity contribution < 1.29 is 9.90 Å². The highest BCUT2D eigenvalue weighted by molar-refractivity contribution is 5.70. The van der Waals surface area contributed by atoms with Gasteiger partial charge in [0.05, 0.1) is 5.92 Å². The van der Waals surface area contributed by atoms with Crippen molar-refractivity contribution in [1.29, 1.82) is 0 Å². The molecular weight excluding hydrogens is 214 g/mol. The van der Waals surface area contributed by atoms with Gasteiger partial charge in [0.2, 0.25) is 0 Å². The van der Waals surface area contributed by atoms with E-state index in [0.29, 0.717) is 12.5 Å². The van der Waals surface area contributed by atoms with Crippen LogP contribution in [-0.4, -0.2) is 29.1 Å². The Balaban J connectivity index is 1.97. The molecule has 0 radical (unpaired) electrons. The van der Waals surface area contributed by atoms with E-state index in [1.807, 2.05) is 25.1 Å². The second-order valence-corrected chi connectivity index (χ2v) is 4.93. The molecule has 1 fully saturated rings. The largest absolute Gasteiger partial charge is 0.481 e. The molecule has 2 rings (SSSR count). The SMILES string of the molecule is CC1CCN(Cc2ccccc2)CC1C(=O)O. The number of benzene rings is 1. The number of carboxylic acid groups (broad SMARTS) is 1. The van der Waals surface area contributed by atoms with Gasteiger partial charge in [-0.1, -0.05) is 37.3 Å². The molecule has 1 aromatic rings. The minimum absolute atomic E-state index is 0.215. The van der Waals surface area contributed by atoms with Crippen LogP contribution in [0.4, 0.5) is 0 Å². The number of hydrogen-bond donors (Lipinski definition) is 1. The maximum atomic E-state index is 11.1. The van der Waals surface area contributed by atoms with Gasteiger partial charge in [-0.2, -0.15) is 0 Å². The molecule has 1 aromatic carbocycles. The summed E-state index contributed by atoms with van der Waals surface area (Å²) in [6.07, 6.45) is 0.976. The lowest BCUT2D eigenvalue weighted by Gasteiger charge is -2.34. The van der Waals surface area contributed by atoms with Gasteiger partial charge in [0.1, 0.15) is 0 Å². The van der Waals surface area contributed by atoms with E-state index >= 15 is 0 Å². The number of aliphatic carboxylic acids is 1. The minimum atomic E-state index is -0.657. The molecule has 3 nitrogen and oxygen atoms in total. The Kier molecular flexibility index (Phi) is 3.79. The van der Waals surface area contributed by atoms with Crippen LogP contribution < -0.4 is 0 Å². The maximum Gasteiger partial charge on any atom is 0.308 e. The van der Waals surface area contributed by atoms with Gasteiger partial charge >= 0.3 is 5.97 Å². The molecule has 17 heavy (non-hydrogen) atoms. The molecular formula is C14H19NO2. The van der Waals surface area contributed by atoms with Gasteiger partial charge in [-0.15, -0.1) is 0 Å². The van der Waals surface area contributed by atoms with Crippen molar-refractivity contribution in [3.63, 3.8) is 0 Å². The zero-order valence-electron chi connectivity index (χ0n) is 10.2. The number of piperidine rings is 1. The van der Waals surface area contributed by atoms with Crippen molar-refractivity contribution >= 4 is 5.97 Å². The summed E-state index contributed by atoms with van der Waals surface area (Å²) in [5.74, 6) is -0.581. The van der Waals surface area contributed by atoms with Crippen molar-refractivity contribution in [2.45, 2.75) is 19.9 Å². The fourth-order valence-corrected chi connectivity index (χ4v) is 2.44. The minimum Gasteiger partial charge on any atom is -0.481 e. The Hall–Kier alpha value is -1.35. The second kappa shape index (κ2) is 5.32. The Bertz CT molecular complexity index is 377. The molecule has 0 aliphatic carbocycles. The zero-order chi connectivity index (χ0) is 12.3. The van der Waals surface area contributed by atoms with E-state index in [2.05, 4.69) is 17.0 Å². The first-order valence-corrected chi connectivity index (χ1v) is 6.16. The summed E-state index contributed by atoms with van der Waals surface area (Å²) in [7, 11) is 0. The molecule has 2 unspecified atom stereocenters. The van der Waals surface area contributed by atoms with Crippen LogP contribution in [0.25, 0.3) is 0 Å². The average Bonchev–Trinajstić information content (AvgIpc) is 2.32. The highest BCUT2D eigenvalue weighted by Gasteiger charge is 2.31. The van der Waals surface area contributed by atoms with Gasteiger partial charge in [0.15, 0.2) is 0 Å². The molecule has 1 heterocycles. The molecule has 0 bridgehead atoms. The van der Waals surface area contributed by atoms with E-state index in [-0.39, 0.29) is 5.92 Å². The molecule has 0 amide bonds. The van der Waals surface area contributed by atoms with Crippen LogP contribution in [-0.2, 0) is 11.3 Å². The Labute approximate surface area is 102 Å². The van der Waals surface area contributed by atoms with Crippen LogP contribution in [0.2, 0.25) is 0 Å². The molecule has 92 valence electrons. The summed E-state index contributed by atoms with van der Waals surface area (Å²) >= 11 is 0. The van der Waals surface area contributed by atoms with Crippen LogP contribution in [0.5, 0.6) is 0 Å². The van der Waals surface area contributed by atoms with E-state index in [1.54, 1.807) is 0 Å². The first-order valence-electron chi connectivity index (χ1n) is 6.16. The number of likely N-dealkylation sites (tertiary alicyclic amines) is 1. The molecule has 1 aliphatic heterocycles. The van der Waals surface area contributed by atoms with E-state index in [1.165, 1.54) is 5.56 Å². The summed E-state index contributed by atoms with van der Waals surface area (Å²) in [5.41, 5.74) is 1.26. The fourth-order valence-electron chi connectivity index (χ4n) is 2.44. The summed E-state index contributed by atoms with van der Waals surface area (Å²) < 4.78 is 0. The molecule has 0 aromatic heterocycles. The molecule has 3 heteroatoms. The smallest absolute Gasteiger partial charge is 0.308 e. The van der Waals surface area contributed by atoms with Crippen LogP contribution in [0.3, 0.4) is 0 Å². The van der Waals surface area contributed by atoms with E-state index in [9.17, 15) is 4.79 Å². The Morgan fingerprint density at radius 2 is 2.12 bits per heavy atom. The number of rotatable bonds is 3. The normalized spacial score (nSPS) is 25.7. The predicted octanol–water partition coefficient (Wildman–Crippen LogP) is 2.23. The third-order valence-corrected chi connectivity index (χ3v) is 3.61. The summed E-state index contributed by atoms with van der Waals surface area (Å²) in [4.78, 5) is 13.4. The molecule has 0 saturated carbocycles. The summed E-state index contributed by atoms with van der Waals surface area (Å²) in [6, 6.07) is 10.2. The highest BCUT2D eigenvalue weighted by Crippen LogP contribution is 2.24. The Morgan fingerprint density at radius 1 is 1.41 bits per heavy atom. The molecule has 0 spiro atoms. The number of carbonyl (C=O) groups is 1. The van der Waals surface area contributed by atoms with Crippen LogP contribution in [0.1, 0.15) is 18.9 Å². The van der Waals surface area contributed by atoms with Gasteiger partial charge in [0, 0.05) is 13.1 Å². The number of nitrogens with zero attached hydrogens (tertiary/aromatic N) is 1. The predicted molar refractivity (Wildman–Crippen MR) is 66.6 cm³/mol. The molecule has 2 atom stereocenters.